The highest BCUT2D eigenvalue weighted by Crippen LogP contribution is 2.27. The molecule has 1 aliphatic heterocycles. The number of aromatic nitrogens is 2. The third kappa shape index (κ3) is 8.11. The normalized spacial score (nSPS) is 15.6. The van der Waals surface area contributed by atoms with Gasteiger partial charge in [0.05, 0.1) is 10.5 Å². The highest BCUT2D eigenvalue weighted by Gasteiger charge is 2.24. The average Bonchev–Trinajstić information content (AvgIpc) is 3.00. The van der Waals surface area contributed by atoms with Crippen LogP contribution in [0.5, 0.6) is 0 Å². The molecule has 1 aromatic heterocycles. The molecule has 0 aliphatic carbocycles. The molecule has 1 unspecified atom stereocenters. The van der Waals surface area contributed by atoms with Crippen molar-refractivity contribution in [2.24, 2.45) is 0 Å². The molecule has 0 bridgehead atoms. The Morgan fingerprint density at radius 1 is 1.02 bits per heavy atom. The van der Waals surface area contributed by atoms with Crippen molar-refractivity contribution in [3.63, 3.8) is 0 Å². The Bertz CT molecular complexity index is 1410. The van der Waals surface area contributed by atoms with E-state index in [-0.39, 0.29) is 17.0 Å². The van der Waals surface area contributed by atoms with Crippen LogP contribution >= 0.6 is 0 Å². The fourth-order valence-electron chi connectivity index (χ4n) is 4.66. The second kappa shape index (κ2) is 14.7. The van der Waals surface area contributed by atoms with Gasteiger partial charge >= 0.3 is 0 Å². The van der Waals surface area contributed by atoms with E-state index >= 15 is 0 Å². The van der Waals surface area contributed by atoms with Crippen LogP contribution in [0.25, 0.3) is 11.1 Å². The SMILES string of the molecule is CCN(CCN(C)c1ncc(C(=O)NOC2CCCCO2)cn1)S(=O)(=O)c1ccc(-c2ccccc2CN(C)C)cc1. The number of hydroxylamine groups is 1. The summed E-state index contributed by atoms with van der Waals surface area (Å²) in [6, 6.07) is 15.2. The van der Waals surface area contributed by atoms with Gasteiger partial charge in [0.1, 0.15) is 0 Å². The predicted octanol–water partition coefficient (Wildman–Crippen LogP) is 3.54. The standard InChI is InChI=1S/C30H40N6O5S/c1-5-36(42(38,39)26-15-13-23(14-16-26)27-11-7-6-10-24(27)22-34(2)3)18-17-35(4)30-31-20-25(21-32-30)29(37)33-41-28-12-8-9-19-40-28/h6-7,10-11,13-16,20-21,28H,5,8-9,12,17-19,22H2,1-4H3,(H,33,37). The van der Waals surface area contributed by atoms with Crippen LogP contribution in [0.15, 0.2) is 65.8 Å². The number of benzene rings is 2. The van der Waals surface area contributed by atoms with Gasteiger partial charge < -0.3 is 14.5 Å². The molecular formula is C30H40N6O5S. The zero-order valence-corrected chi connectivity index (χ0v) is 25.5. The summed E-state index contributed by atoms with van der Waals surface area (Å²) in [6.45, 7) is 4.12. The number of carbonyl (C=O) groups is 1. The molecule has 4 rings (SSSR count). The van der Waals surface area contributed by atoms with E-state index in [4.69, 9.17) is 9.57 Å². The largest absolute Gasteiger partial charge is 0.350 e. The van der Waals surface area contributed by atoms with Crippen LogP contribution in [-0.2, 0) is 26.1 Å². The van der Waals surface area contributed by atoms with E-state index in [1.165, 1.54) is 22.3 Å². The van der Waals surface area contributed by atoms with Gasteiger partial charge in [0.15, 0.2) is 6.29 Å². The van der Waals surface area contributed by atoms with Crippen LogP contribution in [0.2, 0.25) is 0 Å². The van der Waals surface area contributed by atoms with Crippen molar-refractivity contribution in [3.05, 3.63) is 72.1 Å². The molecule has 1 aliphatic rings. The van der Waals surface area contributed by atoms with E-state index in [1.807, 2.05) is 45.3 Å². The van der Waals surface area contributed by atoms with Gasteiger partial charge in [0, 0.05) is 58.6 Å². The van der Waals surface area contributed by atoms with E-state index in [0.29, 0.717) is 25.6 Å². The van der Waals surface area contributed by atoms with Crippen molar-refractivity contribution in [1.82, 2.24) is 24.7 Å². The van der Waals surface area contributed by atoms with E-state index in [9.17, 15) is 13.2 Å². The fourth-order valence-corrected chi connectivity index (χ4v) is 6.10. The van der Waals surface area contributed by atoms with Crippen LogP contribution in [0.3, 0.4) is 0 Å². The molecule has 1 N–H and O–H groups in total. The summed E-state index contributed by atoms with van der Waals surface area (Å²) >= 11 is 0. The first-order chi connectivity index (χ1) is 20.2. The molecule has 42 heavy (non-hydrogen) atoms. The van der Waals surface area contributed by atoms with Gasteiger partial charge in [0.2, 0.25) is 16.0 Å². The zero-order chi connectivity index (χ0) is 30.1. The summed E-state index contributed by atoms with van der Waals surface area (Å²) in [5.74, 6) is -0.0916. The Kier molecular flexibility index (Phi) is 11.0. The third-order valence-corrected chi connectivity index (χ3v) is 9.00. The molecule has 1 atom stereocenters. The fraction of sp³-hybridized carbons (Fsp3) is 0.433. The molecular weight excluding hydrogens is 556 g/mol. The Hall–Kier alpha value is -3.42. The number of hydrogen-bond acceptors (Lipinski definition) is 9. The Morgan fingerprint density at radius 2 is 1.74 bits per heavy atom. The zero-order valence-electron chi connectivity index (χ0n) is 24.7. The number of carbonyl (C=O) groups excluding carboxylic acids is 1. The lowest BCUT2D eigenvalue weighted by Gasteiger charge is -2.24. The van der Waals surface area contributed by atoms with Crippen LogP contribution in [0.1, 0.15) is 42.1 Å². The second-order valence-electron chi connectivity index (χ2n) is 10.5. The molecule has 11 nitrogen and oxygen atoms in total. The lowest BCUT2D eigenvalue weighted by atomic mass is 9.99. The van der Waals surface area contributed by atoms with Crippen LogP contribution in [0.4, 0.5) is 5.95 Å². The van der Waals surface area contributed by atoms with E-state index in [2.05, 4.69) is 32.5 Å². The molecule has 12 heteroatoms. The lowest BCUT2D eigenvalue weighted by Crippen LogP contribution is -2.38. The summed E-state index contributed by atoms with van der Waals surface area (Å²) < 4.78 is 33.8. The maximum atomic E-state index is 13.5. The van der Waals surface area contributed by atoms with E-state index in [0.717, 1.165) is 36.9 Å². The first kappa shape index (κ1) is 31.5. The van der Waals surface area contributed by atoms with E-state index in [1.54, 1.807) is 24.1 Å². The van der Waals surface area contributed by atoms with Crippen LogP contribution in [-0.4, -0.2) is 87.2 Å². The Morgan fingerprint density at radius 3 is 2.38 bits per heavy atom. The lowest BCUT2D eigenvalue weighted by molar-refractivity contribution is -0.186. The number of amides is 1. The highest BCUT2D eigenvalue weighted by molar-refractivity contribution is 7.89. The summed E-state index contributed by atoms with van der Waals surface area (Å²) in [6.07, 6.45) is 5.06. The number of hydrogen-bond donors (Lipinski definition) is 1. The number of nitrogens with zero attached hydrogens (tertiary/aromatic N) is 5. The number of ether oxygens (including phenoxy) is 1. The molecule has 1 saturated heterocycles. The topological polar surface area (TPSA) is 117 Å². The third-order valence-electron chi connectivity index (χ3n) is 7.01. The minimum Gasteiger partial charge on any atom is -0.350 e. The maximum absolute atomic E-state index is 13.5. The summed E-state index contributed by atoms with van der Waals surface area (Å²) in [4.78, 5) is 30.3. The molecule has 226 valence electrons. The molecule has 2 aromatic carbocycles. The Labute approximate surface area is 248 Å². The van der Waals surface area contributed by atoms with Gasteiger partial charge in [-0.05, 0) is 55.8 Å². The van der Waals surface area contributed by atoms with E-state index < -0.39 is 22.2 Å². The summed E-state index contributed by atoms with van der Waals surface area (Å²) in [5, 5.41) is 0. The van der Waals surface area contributed by atoms with Crippen molar-refractivity contribution >= 4 is 21.9 Å². The Balaban J connectivity index is 1.35. The number of nitrogens with one attached hydrogen (secondary N) is 1. The van der Waals surface area contributed by atoms with Crippen molar-refractivity contribution in [2.45, 2.75) is 43.9 Å². The minimum absolute atomic E-state index is 0.240. The monoisotopic (exact) mass is 596 g/mol. The highest BCUT2D eigenvalue weighted by atomic mass is 32.2. The summed E-state index contributed by atoms with van der Waals surface area (Å²) in [7, 11) is 2.11. The first-order valence-corrected chi connectivity index (χ1v) is 15.6. The van der Waals surface area contributed by atoms with Gasteiger partial charge in [-0.3, -0.25) is 4.79 Å². The van der Waals surface area contributed by atoms with Crippen molar-refractivity contribution in [3.8, 4) is 11.1 Å². The minimum atomic E-state index is -3.71. The first-order valence-electron chi connectivity index (χ1n) is 14.1. The number of rotatable bonds is 13. The molecule has 0 spiro atoms. The molecule has 1 amide bonds. The quantitative estimate of drug-likeness (QED) is 0.296. The van der Waals surface area contributed by atoms with Crippen LogP contribution in [0, 0.1) is 0 Å². The van der Waals surface area contributed by atoms with Gasteiger partial charge in [-0.25, -0.2) is 28.7 Å². The average molecular weight is 597 g/mol. The van der Waals surface area contributed by atoms with Gasteiger partial charge in [0.25, 0.3) is 5.91 Å². The van der Waals surface area contributed by atoms with Gasteiger partial charge in [-0.2, -0.15) is 4.31 Å². The van der Waals surface area contributed by atoms with Gasteiger partial charge in [-0.15, -0.1) is 0 Å². The maximum Gasteiger partial charge on any atom is 0.278 e. The van der Waals surface area contributed by atoms with Crippen molar-refractivity contribution < 1.29 is 22.8 Å². The van der Waals surface area contributed by atoms with Crippen molar-refractivity contribution in [1.29, 1.82) is 0 Å². The van der Waals surface area contributed by atoms with Crippen molar-refractivity contribution in [2.75, 3.05) is 52.3 Å². The number of likely N-dealkylation sites (N-methyl/N-ethyl adjacent to an activating group) is 2. The molecule has 3 aromatic rings. The second-order valence-corrected chi connectivity index (χ2v) is 12.4. The van der Waals surface area contributed by atoms with Crippen LogP contribution < -0.4 is 10.4 Å². The van der Waals surface area contributed by atoms with Gasteiger partial charge in [-0.1, -0.05) is 43.3 Å². The molecule has 0 radical (unpaired) electrons. The molecule has 2 heterocycles. The smallest absolute Gasteiger partial charge is 0.278 e. The molecule has 1 fully saturated rings. The summed E-state index contributed by atoms with van der Waals surface area (Å²) in [5.41, 5.74) is 5.86. The molecule has 0 saturated carbocycles. The number of anilines is 1. The number of sulfonamides is 1. The predicted molar refractivity (Wildman–Crippen MR) is 161 cm³/mol.